The fraction of sp³-hybridized carbons (Fsp3) is 0.400. The number of nitrogens with zero attached hydrogens (tertiary/aromatic N) is 3. The van der Waals surface area contributed by atoms with Crippen molar-refractivity contribution >= 4 is 0 Å². The zero-order valence-corrected chi connectivity index (χ0v) is 18.4. The third kappa shape index (κ3) is 5.84. The largest absolute Gasteiger partial charge is 0.487 e. The number of benzene rings is 1. The smallest absolute Gasteiger partial charge is 0.233 e. The van der Waals surface area contributed by atoms with Crippen molar-refractivity contribution in [3.63, 3.8) is 0 Å². The maximum atomic E-state index is 6.12. The highest BCUT2D eigenvalue weighted by Gasteiger charge is 2.21. The number of pyridine rings is 1. The molecule has 2 aliphatic heterocycles. The molecule has 3 aromatic rings. The second kappa shape index (κ2) is 10.7. The second-order valence-electron chi connectivity index (χ2n) is 8.07. The second-order valence-corrected chi connectivity index (χ2v) is 8.07. The first-order valence-corrected chi connectivity index (χ1v) is 11.3. The van der Waals surface area contributed by atoms with E-state index in [9.17, 15) is 0 Å². The standard InChI is InChI=1S/C25H27N3O5/c1-2-6-18(7-3-1)14-31-23-12-27-19(15-32-25-8-4-5-9-30-25)10-21(23)22-11-26-13-24(28-22)33-20-16-29-17-20/h1-3,6-7,10-13,20,25H,4-5,8-9,14-17H2. The van der Waals surface area contributed by atoms with Gasteiger partial charge in [0.25, 0.3) is 0 Å². The summed E-state index contributed by atoms with van der Waals surface area (Å²) >= 11 is 0. The third-order valence-corrected chi connectivity index (χ3v) is 5.50. The van der Waals surface area contributed by atoms with Crippen LogP contribution in [0, 0.1) is 0 Å². The predicted octanol–water partition coefficient (Wildman–Crippen LogP) is 3.94. The SMILES string of the molecule is c1ccc(COc2cnc(COC3CCCCO3)cc2-c2cncc(OC3COC3)n2)cc1. The number of hydrogen-bond acceptors (Lipinski definition) is 8. The van der Waals surface area contributed by atoms with Crippen molar-refractivity contribution in [2.24, 2.45) is 0 Å². The van der Waals surface area contributed by atoms with E-state index in [1.54, 1.807) is 18.6 Å². The summed E-state index contributed by atoms with van der Waals surface area (Å²) in [6.07, 6.45) is 7.96. The van der Waals surface area contributed by atoms with Gasteiger partial charge in [-0.05, 0) is 30.9 Å². The number of rotatable bonds is 9. The molecule has 1 unspecified atom stereocenters. The minimum absolute atomic E-state index is 0.0141. The van der Waals surface area contributed by atoms with Crippen molar-refractivity contribution in [2.75, 3.05) is 19.8 Å². The van der Waals surface area contributed by atoms with Gasteiger partial charge in [-0.2, -0.15) is 0 Å². The van der Waals surface area contributed by atoms with Crippen molar-refractivity contribution in [3.05, 3.63) is 66.2 Å². The summed E-state index contributed by atoms with van der Waals surface area (Å²) < 4.78 is 28.7. The molecule has 8 nitrogen and oxygen atoms in total. The Morgan fingerprint density at radius 3 is 2.70 bits per heavy atom. The Bertz CT molecular complexity index is 1040. The Kier molecular flexibility index (Phi) is 7.05. The molecule has 1 aromatic carbocycles. The van der Waals surface area contributed by atoms with Crippen molar-refractivity contribution in [3.8, 4) is 22.9 Å². The van der Waals surface area contributed by atoms with E-state index >= 15 is 0 Å². The maximum absolute atomic E-state index is 6.12. The molecule has 0 radical (unpaired) electrons. The van der Waals surface area contributed by atoms with E-state index < -0.39 is 0 Å². The topological polar surface area (TPSA) is 84.8 Å². The lowest BCUT2D eigenvalue weighted by Crippen LogP contribution is -2.38. The Labute approximate surface area is 192 Å². The first-order chi connectivity index (χ1) is 16.3. The highest BCUT2D eigenvalue weighted by molar-refractivity contribution is 5.66. The molecule has 33 heavy (non-hydrogen) atoms. The highest BCUT2D eigenvalue weighted by atomic mass is 16.7. The van der Waals surface area contributed by atoms with Crippen LogP contribution in [0.4, 0.5) is 0 Å². The van der Waals surface area contributed by atoms with Crippen LogP contribution in [0.1, 0.15) is 30.5 Å². The van der Waals surface area contributed by atoms with Gasteiger partial charge >= 0.3 is 0 Å². The molecule has 0 bridgehead atoms. The Morgan fingerprint density at radius 2 is 1.91 bits per heavy atom. The van der Waals surface area contributed by atoms with Crippen molar-refractivity contribution < 1.29 is 23.7 Å². The first kappa shape index (κ1) is 21.8. The average molecular weight is 450 g/mol. The first-order valence-electron chi connectivity index (χ1n) is 11.3. The summed E-state index contributed by atoms with van der Waals surface area (Å²) in [5.41, 5.74) is 3.27. The van der Waals surface area contributed by atoms with Gasteiger partial charge in [-0.25, -0.2) is 4.98 Å². The molecule has 1 atom stereocenters. The van der Waals surface area contributed by atoms with Gasteiger partial charge in [-0.3, -0.25) is 9.97 Å². The molecule has 0 amide bonds. The quantitative estimate of drug-likeness (QED) is 0.486. The van der Waals surface area contributed by atoms with Crippen LogP contribution in [-0.4, -0.2) is 47.2 Å². The molecule has 2 fully saturated rings. The van der Waals surface area contributed by atoms with Crippen molar-refractivity contribution in [1.29, 1.82) is 0 Å². The molecule has 8 heteroatoms. The third-order valence-electron chi connectivity index (χ3n) is 5.50. The van der Waals surface area contributed by atoms with Crippen LogP contribution in [0.15, 0.2) is 55.0 Å². The van der Waals surface area contributed by atoms with Gasteiger partial charge in [-0.1, -0.05) is 30.3 Å². The molecule has 172 valence electrons. The predicted molar refractivity (Wildman–Crippen MR) is 120 cm³/mol. The van der Waals surface area contributed by atoms with E-state index in [1.165, 1.54) is 0 Å². The molecule has 5 rings (SSSR count). The fourth-order valence-corrected chi connectivity index (χ4v) is 3.62. The van der Waals surface area contributed by atoms with Crippen LogP contribution in [0.3, 0.4) is 0 Å². The molecule has 2 aromatic heterocycles. The minimum atomic E-state index is -0.181. The maximum Gasteiger partial charge on any atom is 0.233 e. The van der Waals surface area contributed by atoms with E-state index in [4.69, 9.17) is 23.7 Å². The summed E-state index contributed by atoms with van der Waals surface area (Å²) in [4.78, 5) is 13.5. The molecule has 2 aliphatic rings. The van der Waals surface area contributed by atoms with Gasteiger partial charge in [0, 0.05) is 12.2 Å². The highest BCUT2D eigenvalue weighted by Crippen LogP contribution is 2.31. The van der Waals surface area contributed by atoms with Gasteiger partial charge < -0.3 is 23.7 Å². The molecular formula is C25H27N3O5. The van der Waals surface area contributed by atoms with Crippen LogP contribution in [0.5, 0.6) is 11.6 Å². The molecule has 4 heterocycles. The Balaban J connectivity index is 1.37. The Morgan fingerprint density at radius 1 is 1.00 bits per heavy atom. The lowest BCUT2D eigenvalue weighted by Gasteiger charge is -2.26. The number of hydrogen-bond donors (Lipinski definition) is 0. The van der Waals surface area contributed by atoms with Crippen LogP contribution in [0.2, 0.25) is 0 Å². The lowest BCUT2D eigenvalue weighted by atomic mass is 10.1. The monoisotopic (exact) mass is 449 g/mol. The van der Waals surface area contributed by atoms with Crippen LogP contribution in [-0.2, 0) is 27.4 Å². The lowest BCUT2D eigenvalue weighted by molar-refractivity contribution is -0.169. The summed E-state index contributed by atoms with van der Waals surface area (Å²) in [5.74, 6) is 1.08. The molecule has 0 spiro atoms. The molecule has 2 saturated heterocycles. The molecular weight excluding hydrogens is 422 g/mol. The molecule has 0 aliphatic carbocycles. The molecule has 0 N–H and O–H groups in total. The number of ether oxygens (including phenoxy) is 5. The van der Waals surface area contributed by atoms with E-state index in [0.29, 0.717) is 43.8 Å². The van der Waals surface area contributed by atoms with Gasteiger partial charge in [0.1, 0.15) is 18.5 Å². The molecule has 0 saturated carbocycles. The van der Waals surface area contributed by atoms with Crippen LogP contribution >= 0.6 is 0 Å². The van der Waals surface area contributed by atoms with E-state index in [2.05, 4.69) is 15.0 Å². The minimum Gasteiger partial charge on any atom is -0.487 e. The van der Waals surface area contributed by atoms with E-state index in [0.717, 1.165) is 42.7 Å². The normalized spacial score (nSPS) is 18.5. The average Bonchev–Trinajstić information content (AvgIpc) is 2.85. The zero-order chi connectivity index (χ0) is 22.3. The fourth-order valence-electron chi connectivity index (χ4n) is 3.62. The number of aromatic nitrogens is 3. The van der Waals surface area contributed by atoms with E-state index in [1.807, 2.05) is 36.4 Å². The van der Waals surface area contributed by atoms with Crippen molar-refractivity contribution in [2.45, 2.75) is 44.9 Å². The van der Waals surface area contributed by atoms with Crippen LogP contribution in [0.25, 0.3) is 11.3 Å². The van der Waals surface area contributed by atoms with Crippen molar-refractivity contribution in [1.82, 2.24) is 15.0 Å². The Hall–Kier alpha value is -3.07. The zero-order valence-electron chi connectivity index (χ0n) is 18.4. The van der Waals surface area contributed by atoms with Gasteiger partial charge in [0.05, 0.1) is 49.8 Å². The summed E-state index contributed by atoms with van der Waals surface area (Å²) in [5, 5.41) is 0. The van der Waals surface area contributed by atoms with E-state index in [-0.39, 0.29) is 12.4 Å². The van der Waals surface area contributed by atoms with Gasteiger partial charge in [0.2, 0.25) is 5.88 Å². The van der Waals surface area contributed by atoms with Crippen LogP contribution < -0.4 is 9.47 Å². The summed E-state index contributed by atoms with van der Waals surface area (Å²) in [6, 6.07) is 11.9. The summed E-state index contributed by atoms with van der Waals surface area (Å²) in [7, 11) is 0. The van der Waals surface area contributed by atoms with Gasteiger partial charge in [0.15, 0.2) is 6.29 Å². The van der Waals surface area contributed by atoms with Gasteiger partial charge in [-0.15, -0.1) is 0 Å². The summed E-state index contributed by atoms with van der Waals surface area (Å²) in [6.45, 7) is 2.64.